The van der Waals surface area contributed by atoms with E-state index in [4.69, 9.17) is 18.9 Å². The van der Waals surface area contributed by atoms with Gasteiger partial charge in [0.25, 0.3) is 0 Å². The van der Waals surface area contributed by atoms with Gasteiger partial charge in [0.15, 0.2) is 0 Å². The quantitative estimate of drug-likeness (QED) is 0.287. The van der Waals surface area contributed by atoms with E-state index >= 15 is 0 Å². The molecule has 0 saturated carbocycles. The van der Waals surface area contributed by atoms with E-state index in [1.54, 1.807) is 21.1 Å². The molecule has 1 aliphatic rings. The highest BCUT2D eigenvalue weighted by molar-refractivity contribution is 5.92. The molecule has 1 fully saturated rings. The average Bonchev–Trinajstić information content (AvgIpc) is 2.86. The van der Waals surface area contributed by atoms with Crippen molar-refractivity contribution in [1.29, 1.82) is 0 Å². The SMILES string of the molecule is COC(=O)c1cc(N=C(NO)N2CCN(c3cc(OC)cc(OC)c3)CC2)c(OC)nc1C. The zero-order valence-electron chi connectivity index (χ0n) is 19.4. The highest BCUT2D eigenvalue weighted by Gasteiger charge is 2.22. The average molecular weight is 460 g/mol. The first kappa shape index (κ1) is 23.9. The molecule has 2 N–H and O–H groups in total. The number of hydroxylamine groups is 1. The van der Waals surface area contributed by atoms with E-state index in [-0.39, 0.29) is 17.4 Å². The van der Waals surface area contributed by atoms with Gasteiger partial charge in [-0.1, -0.05) is 0 Å². The van der Waals surface area contributed by atoms with Gasteiger partial charge < -0.3 is 28.7 Å². The zero-order chi connectivity index (χ0) is 24.0. The van der Waals surface area contributed by atoms with Gasteiger partial charge in [0.2, 0.25) is 11.8 Å². The third kappa shape index (κ3) is 5.37. The number of piperazine rings is 1. The Morgan fingerprint density at radius 3 is 2.15 bits per heavy atom. The van der Waals surface area contributed by atoms with Crippen molar-refractivity contribution in [1.82, 2.24) is 15.4 Å². The smallest absolute Gasteiger partial charge is 0.339 e. The normalized spacial score (nSPS) is 14.1. The Labute approximate surface area is 192 Å². The lowest BCUT2D eigenvalue weighted by Gasteiger charge is -2.37. The number of hydrogen-bond donors (Lipinski definition) is 2. The molecule has 0 radical (unpaired) electrons. The van der Waals surface area contributed by atoms with Crippen LogP contribution in [0.5, 0.6) is 17.4 Å². The van der Waals surface area contributed by atoms with Crippen LogP contribution in [-0.4, -0.2) is 81.6 Å². The minimum atomic E-state index is -0.528. The van der Waals surface area contributed by atoms with E-state index in [1.807, 2.05) is 23.1 Å². The number of esters is 1. The number of hydrogen-bond acceptors (Lipinski definition) is 9. The number of anilines is 1. The topological polar surface area (TPSA) is 118 Å². The van der Waals surface area contributed by atoms with Crippen LogP contribution in [0.25, 0.3) is 0 Å². The number of aryl methyl sites for hydroxylation is 1. The van der Waals surface area contributed by atoms with E-state index in [9.17, 15) is 10.0 Å². The van der Waals surface area contributed by atoms with Gasteiger partial charge >= 0.3 is 5.97 Å². The van der Waals surface area contributed by atoms with Crippen LogP contribution in [0.1, 0.15) is 16.1 Å². The molecule has 1 saturated heterocycles. The van der Waals surface area contributed by atoms with Crippen molar-refractivity contribution in [2.75, 3.05) is 59.5 Å². The summed E-state index contributed by atoms with van der Waals surface area (Å²) < 4.78 is 20.9. The molecule has 0 unspecified atom stereocenters. The van der Waals surface area contributed by atoms with Gasteiger partial charge in [-0.2, -0.15) is 0 Å². The number of carbonyl (C=O) groups excluding carboxylic acids is 1. The van der Waals surface area contributed by atoms with Crippen molar-refractivity contribution >= 4 is 23.3 Å². The van der Waals surface area contributed by atoms with E-state index in [2.05, 4.69) is 20.4 Å². The Morgan fingerprint density at radius 1 is 1.00 bits per heavy atom. The van der Waals surface area contributed by atoms with Crippen LogP contribution < -0.4 is 24.6 Å². The molecule has 2 aromatic rings. The summed E-state index contributed by atoms with van der Waals surface area (Å²) in [5.74, 6) is 1.35. The number of aromatic nitrogens is 1. The van der Waals surface area contributed by atoms with E-state index in [0.29, 0.717) is 49.1 Å². The van der Waals surface area contributed by atoms with Crippen molar-refractivity contribution in [3.8, 4) is 17.4 Å². The molecular formula is C22H29N5O6. The summed E-state index contributed by atoms with van der Waals surface area (Å²) in [6.07, 6.45) is 0. The minimum Gasteiger partial charge on any atom is -0.497 e. The van der Waals surface area contributed by atoms with E-state index in [1.165, 1.54) is 20.3 Å². The fourth-order valence-electron chi connectivity index (χ4n) is 3.55. The molecule has 0 bridgehead atoms. The molecule has 0 spiro atoms. The first-order valence-electron chi connectivity index (χ1n) is 10.3. The summed E-state index contributed by atoms with van der Waals surface area (Å²) in [6, 6.07) is 7.26. The largest absolute Gasteiger partial charge is 0.497 e. The molecule has 1 aliphatic heterocycles. The standard InChI is InChI=1S/C22H29N5O6/c1-14-18(21(28)33-5)13-19(20(23-14)32-4)24-22(25-29)27-8-6-26(7-9-27)15-10-16(30-2)12-17(11-15)31-3/h10-13,29H,6-9H2,1-5H3,(H,24,25). The Morgan fingerprint density at radius 2 is 1.64 bits per heavy atom. The summed E-state index contributed by atoms with van der Waals surface area (Å²) >= 11 is 0. The fourth-order valence-corrected chi connectivity index (χ4v) is 3.55. The number of aliphatic imine (C=N–C) groups is 1. The van der Waals surface area contributed by atoms with Crippen LogP contribution in [0.15, 0.2) is 29.3 Å². The fraction of sp³-hybridized carbons (Fsp3) is 0.409. The third-order valence-corrected chi connectivity index (χ3v) is 5.36. The van der Waals surface area contributed by atoms with Gasteiger partial charge in [0.05, 0.1) is 39.7 Å². The maximum Gasteiger partial charge on any atom is 0.339 e. The molecule has 2 heterocycles. The van der Waals surface area contributed by atoms with Crippen LogP contribution in [-0.2, 0) is 4.74 Å². The highest BCUT2D eigenvalue weighted by Crippen LogP contribution is 2.30. The Hall–Kier alpha value is -3.73. The zero-order valence-corrected chi connectivity index (χ0v) is 19.4. The van der Waals surface area contributed by atoms with E-state index in [0.717, 1.165) is 5.69 Å². The first-order chi connectivity index (χ1) is 15.9. The number of pyridine rings is 1. The second kappa shape index (κ2) is 10.7. The second-order valence-electron chi connectivity index (χ2n) is 7.23. The van der Waals surface area contributed by atoms with Crippen LogP contribution >= 0.6 is 0 Å². The van der Waals surface area contributed by atoms with Gasteiger partial charge in [0.1, 0.15) is 17.2 Å². The number of nitrogens with one attached hydrogen (secondary N) is 1. The van der Waals surface area contributed by atoms with Gasteiger partial charge in [-0.15, -0.1) is 0 Å². The Balaban J connectivity index is 1.81. The van der Waals surface area contributed by atoms with Crippen LogP contribution in [0, 0.1) is 6.92 Å². The molecule has 0 atom stereocenters. The monoisotopic (exact) mass is 459 g/mol. The predicted molar refractivity (Wildman–Crippen MR) is 122 cm³/mol. The Kier molecular flexibility index (Phi) is 7.78. The second-order valence-corrected chi connectivity index (χ2v) is 7.23. The van der Waals surface area contributed by atoms with Crippen LogP contribution in [0.4, 0.5) is 11.4 Å². The molecule has 178 valence electrons. The summed E-state index contributed by atoms with van der Waals surface area (Å²) in [4.78, 5) is 24.9. The van der Waals surface area contributed by atoms with Gasteiger partial charge in [0, 0.05) is 50.1 Å². The number of benzene rings is 1. The summed E-state index contributed by atoms with van der Waals surface area (Å²) in [7, 11) is 6.00. The number of carbonyl (C=O) groups is 1. The summed E-state index contributed by atoms with van der Waals surface area (Å²) in [5.41, 5.74) is 4.16. The number of methoxy groups -OCH3 is 4. The van der Waals surface area contributed by atoms with Crippen LogP contribution in [0.2, 0.25) is 0 Å². The molecule has 11 nitrogen and oxygen atoms in total. The highest BCUT2D eigenvalue weighted by atomic mass is 16.5. The number of rotatable bonds is 6. The van der Waals surface area contributed by atoms with Gasteiger partial charge in [-0.3, -0.25) is 5.21 Å². The third-order valence-electron chi connectivity index (χ3n) is 5.36. The summed E-state index contributed by atoms with van der Waals surface area (Å²) in [5, 5.41) is 9.78. The molecule has 33 heavy (non-hydrogen) atoms. The molecule has 1 aromatic carbocycles. The van der Waals surface area contributed by atoms with Crippen molar-refractivity contribution in [2.45, 2.75) is 6.92 Å². The number of nitrogens with zero attached hydrogens (tertiary/aromatic N) is 4. The number of guanidine groups is 1. The lowest BCUT2D eigenvalue weighted by molar-refractivity contribution is 0.0599. The maximum absolute atomic E-state index is 12.1. The lowest BCUT2D eigenvalue weighted by Crippen LogP contribution is -2.52. The molecule has 11 heteroatoms. The van der Waals surface area contributed by atoms with Gasteiger partial charge in [-0.05, 0) is 13.0 Å². The van der Waals surface area contributed by atoms with Crippen LogP contribution in [0.3, 0.4) is 0 Å². The minimum absolute atomic E-state index is 0.220. The molecule has 0 aliphatic carbocycles. The van der Waals surface area contributed by atoms with Crippen molar-refractivity contribution in [3.63, 3.8) is 0 Å². The van der Waals surface area contributed by atoms with E-state index < -0.39 is 5.97 Å². The van der Waals surface area contributed by atoms with Crippen molar-refractivity contribution in [3.05, 3.63) is 35.5 Å². The number of ether oxygens (including phenoxy) is 4. The molecule has 0 amide bonds. The van der Waals surface area contributed by atoms with Gasteiger partial charge in [-0.25, -0.2) is 20.3 Å². The lowest BCUT2D eigenvalue weighted by atomic mass is 10.2. The first-order valence-corrected chi connectivity index (χ1v) is 10.3. The van der Waals surface area contributed by atoms with Crippen molar-refractivity contribution in [2.24, 2.45) is 4.99 Å². The molecule has 1 aromatic heterocycles. The van der Waals surface area contributed by atoms with Crippen molar-refractivity contribution < 1.29 is 28.9 Å². The molecular weight excluding hydrogens is 430 g/mol. The predicted octanol–water partition coefficient (Wildman–Crippen LogP) is 1.99. The molecule has 3 rings (SSSR count). The summed E-state index contributed by atoms with van der Waals surface area (Å²) in [6.45, 7) is 4.19. The maximum atomic E-state index is 12.1. The Bertz CT molecular complexity index is 998.